The molecular formula is C8H18N3+. The zero-order chi connectivity index (χ0) is 7.84. The van der Waals surface area contributed by atoms with E-state index >= 15 is 0 Å². The molecule has 2 N–H and O–H groups in total. The van der Waals surface area contributed by atoms with Gasteiger partial charge in [0.05, 0.1) is 26.3 Å². The van der Waals surface area contributed by atoms with E-state index in [0.29, 0.717) is 6.17 Å². The number of nitrogens with one attached hydrogen (secondary N) is 2. The second kappa shape index (κ2) is 2.73. The van der Waals surface area contributed by atoms with Gasteiger partial charge in [0, 0.05) is 0 Å². The number of quaternary nitrogens is 1. The van der Waals surface area contributed by atoms with Crippen LogP contribution in [0.5, 0.6) is 0 Å². The number of fused-ring (bicyclic) bond motifs is 1. The average Bonchev–Trinajstić information content (AvgIpc) is 2.35. The molecule has 0 aromatic heterocycles. The largest absolute Gasteiger partial charge is 0.321 e. The molecule has 11 heavy (non-hydrogen) atoms. The molecule has 3 atom stereocenters. The smallest absolute Gasteiger partial charge is 0.158 e. The van der Waals surface area contributed by atoms with E-state index in [1.807, 2.05) is 0 Å². The first-order valence-electron chi connectivity index (χ1n) is 4.55. The van der Waals surface area contributed by atoms with Crippen LogP contribution >= 0.6 is 0 Å². The van der Waals surface area contributed by atoms with E-state index in [1.54, 1.807) is 4.90 Å². The first-order chi connectivity index (χ1) is 5.29. The lowest BCUT2D eigenvalue weighted by molar-refractivity contribution is -0.914. The molecule has 2 aliphatic rings. The third-order valence-electron chi connectivity index (χ3n) is 3.11. The summed E-state index contributed by atoms with van der Waals surface area (Å²) in [6.45, 7) is 2.41. The number of likely N-dealkylation sites (N-methyl/N-ethyl adjacent to an activating group) is 2. The van der Waals surface area contributed by atoms with E-state index < -0.39 is 0 Å². The van der Waals surface area contributed by atoms with Crippen LogP contribution in [0, 0.1) is 0 Å². The topological polar surface area (TPSA) is 19.7 Å². The maximum Gasteiger partial charge on any atom is 0.158 e. The summed E-state index contributed by atoms with van der Waals surface area (Å²) in [4.78, 5) is 4.10. The zero-order valence-corrected chi connectivity index (χ0v) is 7.43. The molecule has 64 valence electrons. The van der Waals surface area contributed by atoms with E-state index in [4.69, 9.17) is 0 Å². The van der Waals surface area contributed by atoms with Crippen LogP contribution in [0.4, 0.5) is 0 Å². The van der Waals surface area contributed by atoms with E-state index in [2.05, 4.69) is 24.3 Å². The summed E-state index contributed by atoms with van der Waals surface area (Å²) in [5.41, 5.74) is 0. The Labute approximate surface area is 68.4 Å². The minimum Gasteiger partial charge on any atom is -0.321 e. The average molecular weight is 156 g/mol. The Hall–Kier alpha value is -0.120. The maximum absolute atomic E-state index is 3.55. The molecule has 3 unspecified atom stereocenters. The summed E-state index contributed by atoms with van der Waals surface area (Å²) in [6, 6.07) is 0.795. The van der Waals surface area contributed by atoms with Gasteiger partial charge in [-0.1, -0.05) is 0 Å². The predicted molar refractivity (Wildman–Crippen MR) is 44.3 cm³/mol. The summed E-state index contributed by atoms with van der Waals surface area (Å²) in [5.74, 6) is 0. The minimum atomic E-state index is 0.703. The summed E-state index contributed by atoms with van der Waals surface area (Å²) in [6.07, 6.45) is 3.47. The number of nitrogens with zero attached hydrogens (tertiary/aromatic N) is 1. The van der Waals surface area contributed by atoms with Crippen molar-refractivity contribution < 1.29 is 4.90 Å². The Morgan fingerprint density at radius 2 is 2.36 bits per heavy atom. The molecule has 0 saturated carbocycles. The number of likely N-dealkylation sites (tertiary alicyclic amines) is 1. The van der Waals surface area contributed by atoms with Gasteiger partial charge in [-0.3, -0.25) is 10.2 Å². The predicted octanol–water partition coefficient (Wildman–Crippen LogP) is -1.52. The van der Waals surface area contributed by atoms with Gasteiger partial charge in [0.15, 0.2) is 6.17 Å². The van der Waals surface area contributed by atoms with Gasteiger partial charge in [-0.05, 0) is 19.9 Å². The molecule has 2 rings (SSSR count). The molecule has 0 amide bonds. The molecule has 0 bridgehead atoms. The Bertz CT molecular complexity index is 146. The van der Waals surface area contributed by atoms with Crippen molar-refractivity contribution in [3.8, 4) is 0 Å². The van der Waals surface area contributed by atoms with Crippen LogP contribution in [0.2, 0.25) is 0 Å². The molecule has 2 heterocycles. The highest BCUT2D eigenvalue weighted by atomic mass is 15.4. The standard InChI is InChI=1S/C8H17N3/c1-10-5-3-4-7-8(10)9-6-11(7)2/h7-9H,3-6H2,1-2H3/p+1. The van der Waals surface area contributed by atoms with Gasteiger partial charge in [0.1, 0.15) is 0 Å². The van der Waals surface area contributed by atoms with Gasteiger partial charge in [-0.15, -0.1) is 0 Å². The number of rotatable bonds is 0. The van der Waals surface area contributed by atoms with Crippen LogP contribution < -0.4 is 10.2 Å². The SMILES string of the molecule is CN1CNC2C1CCC[NH+]2C. The molecule has 0 radical (unpaired) electrons. The molecule has 3 nitrogen and oxygen atoms in total. The molecule has 2 aliphatic heterocycles. The molecule has 0 spiro atoms. The number of hydrogen-bond donors (Lipinski definition) is 2. The van der Waals surface area contributed by atoms with Crippen LogP contribution in [0.1, 0.15) is 12.8 Å². The summed E-state index contributed by atoms with van der Waals surface area (Å²) in [5, 5.41) is 3.55. The quantitative estimate of drug-likeness (QED) is 0.444. The number of hydrogen-bond acceptors (Lipinski definition) is 2. The van der Waals surface area contributed by atoms with Crippen LogP contribution in [0.3, 0.4) is 0 Å². The highest BCUT2D eigenvalue weighted by Crippen LogP contribution is 2.13. The fourth-order valence-electron chi connectivity index (χ4n) is 2.39. The van der Waals surface area contributed by atoms with Crippen molar-refractivity contribution in [1.29, 1.82) is 0 Å². The Morgan fingerprint density at radius 3 is 3.09 bits per heavy atom. The highest BCUT2D eigenvalue weighted by Gasteiger charge is 2.39. The van der Waals surface area contributed by atoms with Crippen LogP contribution in [0.25, 0.3) is 0 Å². The monoisotopic (exact) mass is 156 g/mol. The van der Waals surface area contributed by atoms with Crippen molar-refractivity contribution in [1.82, 2.24) is 10.2 Å². The van der Waals surface area contributed by atoms with Crippen molar-refractivity contribution in [2.45, 2.75) is 25.0 Å². The van der Waals surface area contributed by atoms with Gasteiger partial charge in [-0.25, -0.2) is 0 Å². The van der Waals surface area contributed by atoms with E-state index in [-0.39, 0.29) is 0 Å². The first kappa shape index (κ1) is 7.53. The van der Waals surface area contributed by atoms with Crippen molar-refractivity contribution >= 4 is 0 Å². The third-order valence-corrected chi connectivity index (χ3v) is 3.11. The molecule has 3 heteroatoms. The van der Waals surface area contributed by atoms with Gasteiger partial charge in [0.25, 0.3) is 0 Å². The van der Waals surface area contributed by atoms with Crippen molar-refractivity contribution in [3.63, 3.8) is 0 Å². The van der Waals surface area contributed by atoms with Gasteiger partial charge < -0.3 is 4.90 Å². The fourth-order valence-corrected chi connectivity index (χ4v) is 2.39. The van der Waals surface area contributed by atoms with E-state index in [1.165, 1.54) is 19.4 Å². The molecule has 2 saturated heterocycles. The van der Waals surface area contributed by atoms with Crippen molar-refractivity contribution in [3.05, 3.63) is 0 Å². The van der Waals surface area contributed by atoms with Crippen molar-refractivity contribution in [2.24, 2.45) is 0 Å². The highest BCUT2D eigenvalue weighted by molar-refractivity contribution is 4.83. The summed E-state index contributed by atoms with van der Waals surface area (Å²) < 4.78 is 0. The van der Waals surface area contributed by atoms with Gasteiger partial charge in [-0.2, -0.15) is 0 Å². The lowest BCUT2D eigenvalue weighted by atomic mass is 10.0. The lowest BCUT2D eigenvalue weighted by Crippen LogP contribution is -3.16. The molecule has 2 fully saturated rings. The Balaban J connectivity index is 2.07. The second-order valence-corrected chi connectivity index (χ2v) is 3.90. The Morgan fingerprint density at radius 1 is 1.55 bits per heavy atom. The second-order valence-electron chi connectivity index (χ2n) is 3.90. The fraction of sp³-hybridized carbons (Fsp3) is 1.00. The summed E-state index contributed by atoms with van der Waals surface area (Å²) >= 11 is 0. The third kappa shape index (κ3) is 1.17. The van der Waals surface area contributed by atoms with Gasteiger partial charge >= 0.3 is 0 Å². The molecule has 0 aromatic rings. The van der Waals surface area contributed by atoms with E-state index in [0.717, 1.165) is 12.7 Å². The molecular weight excluding hydrogens is 138 g/mol. The molecule has 0 aliphatic carbocycles. The lowest BCUT2D eigenvalue weighted by Gasteiger charge is -2.32. The van der Waals surface area contributed by atoms with Crippen LogP contribution in [0.15, 0.2) is 0 Å². The minimum absolute atomic E-state index is 0.703. The molecule has 0 aromatic carbocycles. The maximum atomic E-state index is 3.55. The zero-order valence-electron chi connectivity index (χ0n) is 7.43. The van der Waals surface area contributed by atoms with Crippen LogP contribution in [-0.4, -0.2) is 44.4 Å². The summed E-state index contributed by atoms with van der Waals surface area (Å²) in [7, 11) is 4.51. The Kier molecular flexibility index (Phi) is 1.87. The van der Waals surface area contributed by atoms with E-state index in [9.17, 15) is 0 Å². The normalized spacial score (nSPS) is 45.8. The number of piperidine rings is 1. The van der Waals surface area contributed by atoms with Gasteiger partial charge in [0.2, 0.25) is 0 Å². The first-order valence-corrected chi connectivity index (χ1v) is 4.55. The van der Waals surface area contributed by atoms with Crippen LogP contribution in [-0.2, 0) is 0 Å². The van der Waals surface area contributed by atoms with Crippen molar-refractivity contribution in [2.75, 3.05) is 27.3 Å².